The van der Waals surface area contributed by atoms with Gasteiger partial charge in [-0.25, -0.2) is 4.52 Å². The van der Waals surface area contributed by atoms with E-state index in [1.807, 2.05) is 29.3 Å². The molecule has 0 radical (unpaired) electrons. The predicted molar refractivity (Wildman–Crippen MR) is 73.3 cm³/mol. The van der Waals surface area contributed by atoms with Crippen molar-refractivity contribution in [3.05, 3.63) is 36.2 Å². The third kappa shape index (κ3) is 1.66. The van der Waals surface area contributed by atoms with Gasteiger partial charge < -0.3 is 10.0 Å². The van der Waals surface area contributed by atoms with Crippen LogP contribution in [0.4, 0.5) is 0 Å². The zero-order chi connectivity index (χ0) is 13.7. The molecule has 1 aliphatic heterocycles. The van der Waals surface area contributed by atoms with Crippen LogP contribution in [0.15, 0.2) is 30.6 Å². The fraction of sp³-hybridized carbons (Fsp3) is 0.467. The van der Waals surface area contributed by atoms with Crippen molar-refractivity contribution in [3.63, 3.8) is 0 Å². The van der Waals surface area contributed by atoms with Crippen molar-refractivity contribution in [1.82, 2.24) is 14.5 Å². The van der Waals surface area contributed by atoms with Gasteiger partial charge in [0.05, 0.1) is 23.4 Å². The third-order valence-corrected chi connectivity index (χ3v) is 4.76. The van der Waals surface area contributed by atoms with E-state index >= 15 is 0 Å². The van der Waals surface area contributed by atoms with E-state index in [1.54, 1.807) is 10.7 Å². The molecule has 1 saturated carbocycles. The van der Waals surface area contributed by atoms with Crippen molar-refractivity contribution in [1.29, 1.82) is 0 Å². The van der Waals surface area contributed by atoms with Crippen LogP contribution >= 0.6 is 0 Å². The minimum atomic E-state index is -0.235. The first kappa shape index (κ1) is 11.9. The van der Waals surface area contributed by atoms with E-state index in [1.165, 1.54) is 0 Å². The molecule has 3 unspecified atom stereocenters. The van der Waals surface area contributed by atoms with Crippen LogP contribution in [0.3, 0.4) is 0 Å². The number of pyridine rings is 1. The number of aliphatic hydroxyl groups is 1. The summed E-state index contributed by atoms with van der Waals surface area (Å²) in [5.41, 5.74) is 1.50. The van der Waals surface area contributed by atoms with Gasteiger partial charge in [0.15, 0.2) is 0 Å². The summed E-state index contributed by atoms with van der Waals surface area (Å²) in [4.78, 5) is 14.5. The minimum Gasteiger partial charge on any atom is -0.393 e. The molecule has 4 rings (SSSR count). The van der Waals surface area contributed by atoms with E-state index < -0.39 is 0 Å². The maximum Gasteiger partial charge on any atom is 0.257 e. The lowest BCUT2D eigenvalue weighted by Gasteiger charge is -2.17. The van der Waals surface area contributed by atoms with Crippen LogP contribution in [-0.4, -0.2) is 44.7 Å². The van der Waals surface area contributed by atoms with Crippen LogP contribution in [0.1, 0.15) is 23.2 Å². The molecule has 2 aromatic rings. The summed E-state index contributed by atoms with van der Waals surface area (Å²) in [6, 6.07) is 5.72. The molecule has 0 aromatic carbocycles. The molecule has 2 fully saturated rings. The number of likely N-dealkylation sites (tertiary alicyclic amines) is 1. The number of aromatic nitrogens is 2. The molecular formula is C15H17N3O2. The van der Waals surface area contributed by atoms with Gasteiger partial charge in [-0.3, -0.25) is 4.79 Å². The summed E-state index contributed by atoms with van der Waals surface area (Å²) in [6.07, 6.45) is 5.16. The van der Waals surface area contributed by atoms with E-state index in [0.29, 0.717) is 18.0 Å². The standard InChI is InChI=1S/C15H17N3O2/c19-14-5-4-10-8-17(9-12(10)14)15(20)11-7-16-18-6-2-1-3-13(11)18/h1-3,6-7,10,12,14,19H,4-5,8-9H2. The van der Waals surface area contributed by atoms with Gasteiger partial charge in [0.2, 0.25) is 0 Å². The molecule has 1 aliphatic carbocycles. The molecule has 2 aromatic heterocycles. The monoisotopic (exact) mass is 271 g/mol. The lowest BCUT2D eigenvalue weighted by Crippen LogP contribution is -2.30. The summed E-state index contributed by atoms with van der Waals surface area (Å²) >= 11 is 0. The van der Waals surface area contributed by atoms with E-state index in [0.717, 1.165) is 24.9 Å². The highest BCUT2D eigenvalue weighted by molar-refractivity contribution is 6.00. The number of amides is 1. The molecule has 20 heavy (non-hydrogen) atoms. The number of rotatable bonds is 1. The van der Waals surface area contributed by atoms with Gasteiger partial charge in [0.25, 0.3) is 5.91 Å². The second-order valence-electron chi connectivity index (χ2n) is 5.87. The minimum absolute atomic E-state index is 0.0350. The lowest BCUT2D eigenvalue weighted by molar-refractivity contribution is 0.0754. The van der Waals surface area contributed by atoms with Crippen LogP contribution < -0.4 is 0 Å². The first-order valence-electron chi connectivity index (χ1n) is 7.14. The Morgan fingerprint density at radius 1 is 1.30 bits per heavy atom. The Bertz CT molecular complexity index is 666. The van der Waals surface area contributed by atoms with E-state index in [4.69, 9.17) is 0 Å². The summed E-state index contributed by atoms with van der Waals surface area (Å²) in [5, 5.41) is 14.2. The zero-order valence-electron chi connectivity index (χ0n) is 11.1. The van der Waals surface area contributed by atoms with Crippen LogP contribution in [-0.2, 0) is 0 Å². The smallest absolute Gasteiger partial charge is 0.257 e. The maximum atomic E-state index is 12.7. The molecule has 1 N–H and O–H groups in total. The van der Waals surface area contributed by atoms with Crippen molar-refractivity contribution in [2.75, 3.05) is 13.1 Å². The summed E-state index contributed by atoms with van der Waals surface area (Å²) in [5.74, 6) is 0.768. The fourth-order valence-corrected chi connectivity index (χ4v) is 3.67. The van der Waals surface area contributed by atoms with Crippen LogP contribution in [0, 0.1) is 11.8 Å². The molecule has 5 nitrogen and oxygen atoms in total. The Balaban J connectivity index is 1.62. The second kappa shape index (κ2) is 4.31. The number of fused-ring (bicyclic) bond motifs is 2. The number of nitrogens with zero attached hydrogens (tertiary/aromatic N) is 3. The molecule has 3 heterocycles. The van der Waals surface area contributed by atoms with Crippen LogP contribution in [0.25, 0.3) is 5.52 Å². The quantitative estimate of drug-likeness (QED) is 0.847. The summed E-state index contributed by atoms with van der Waals surface area (Å²) < 4.78 is 1.72. The highest BCUT2D eigenvalue weighted by atomic mass is 16.3. The molecular weight excluding hydrogens is 254 g/mol. The van der Waals surface area contributed by atoms with E-state index in [2.05, 4.69) is 5.10 Å². The molecule has 104 valence electrons. The van der Waals surface area contributed by atoms with Crippen molar-refractivity contribution < 1.29 is 9.90 Å². The topological polar surface area (TPSA) is 57.8 Å². The molecule has 1 amide bonds. The fourth-order valence-electron chi connectivity index (χ4n) is 3.67. The van der Waals surface area contributed by atoms with Crippen LogP contribution in [0.2, 0.25) is 0 Å². The number of carbonyl (C=O) groups excluding carboxylic acids is 1. The Morgan fingerprint density at radius 3 is 3.05 bits per heavy atom. The van der Waals surface area contributed by atoms with E-state index in [-0.39, 0.29) is 17.9 Å². The number of hydrogen-bond acceptors (Lipinski definition) is 3. The van der Waals surface area contributed by atoms with Crippen molar-refractivity contribution >= 4 is 11.4 Å². The molecule has 5 heteroatoms. The average Bonchev–Trinajstić information content (AvgIpc) is 3.14. The Labute approximate surface area is 116 Å². The Morgan fingerprint density at radius 2 is 2.20 bits per heavy atom. The predicted octanol–water partition coefficient (Wildman–Crippen LogP) is 1.18. The van der Waals surface area contributed by atoms with Gasteiger partial charge in [-0.1, -0.05) is 6.07 Å². The third-order valence-electron chi connectivity index (χ3n) is 4.76. The molecule has 1 saturated heterocycles. The lowest BCUT2D eigenvalue weighted by atomic mass is 10.00. The average molecular weight is 271 g/mol. The van der Waals surface area contributed by atoms with E-state index in [9.17, 15) is 9.90 Å². The van der Waals surface area contributed by atoms with Crippen molar-refractivity contribution in [2.45, 2.75) is 18.9 Å². The van der Waals surface area contributed by atoms with Gasteiger partial charge >= 0.3 is 0 Å². The Kier molecular flexibility index (Phi) is 2.57. The first-order chi connectivity index (χ1) is 9.74. The van der Waals surface area contributed by atoms with Gasteiger partial charge in [0.1, 0.15) is 0 Å². The molecule has 0 spiro atoms. The largest absolute Gasteiger partial charge is 0.393 e. The summed E-state index contributed by atoms with van der Waals surface area (Å²) in [7, 11) is 0. The Hall–Kier alpha value is -1.88. The van der Waals surface area contributed by atoms with Gasteiger partial charge in [-0.2, -0.15) is 5.10 Å². The zero-order valence-corrected chi connectivity index (χ0v) is 11.1. The van der Waals surface area contributed by atoms with Gasteiger partial charge in [0, 0.05) is 25.2 Å². The van der Waals surface area contributed by atoms with Gasteiger partial charge in [-0.05, 0) is 30.9 Å². The number of carbonyl (C=O) groups is 1. The first-order valence-corrected chi connectivity index (χ1v) is 7.14. The molecule has 3 atom stereocenters. The van der Waals surface area contributed by atoms with Crippen LogP contribution in [0.5, 0.6) is 0 Å². The summed E-state index contributed by atoms with van der Waals surface area (Å²) in [6.45, 7) is 1.44. The van der Waals surface area contributed by atoms with Gasteiger partial charge in [-0.15, -0.1) is 0 Å². The highest BCUT2D eigenvalue weighted by Gasteiger charge is 2.43. The van der Waals surface area contributed by atoms with Crippen molar-refractivity contribution in [2.24, 2.45) is 11.8 Å². The number of aliphatic hydroxyl groups excluding tert-OH is 1. The SMILES string of the molecule is O=C(c1cnn2ccccc12)N1CC2CCC(O)C2C1. The molecule has 0 bridgehead atoms. The normalized spacial score (nSPS) is 29.1. The molecule has 2 aliphatic rings. The highest BCUT2D eigenvalue weighted by Crippen LogP contribution is 2.38. The number of hydrogen-bond donors (Lipinski definition) is 1. The van der Waals surface area contributed by atoms with Crippen molar-refractivity contribution in [3.8, 4) is 0 Å². The second-order valence-corrected chi connectivity index (χ2v) is 5.87. The maximum absolute atomic E-state index is 12.7.